The van der Waals surface area contributed by atoms with Gasteiger partial charge < -0.3 is 0 Å². The van der Waals surface area contributed by atoms with E-state index in [2.05, 4.69) is 48.0 Å². The Bertz CT molecular complexity index is 370. The molecule has 0 N–H and O–H groups in total. The number of nitrogens with zero attached hydrogens (tertiary/aromatic N) is 2. The van der Waals surface area contributed by atoms with E-state index in [9.17, 15) is 0 Å². The Kier molecular flexibility index (Phi) is 3.93. The maximum atomic E-state index is 4.74. The predicted molar refractivity (Wildman–Crippen MR) is 75.7 cm³/mol. The van der Waals surface area contributed by atoms with Crippen LogP contribution in [-0.4, -0.2) is 9.78 Å². The Morgan fingerprint density at radius 1 is 1.31 bits per heavy atom. The first-order chi connectivity index (χ1) is 7.65. The highest BCUT2D eigenvalue weighted by Crippen LogP contribution is 2.37. The normalized spacial score (nSPS) is 26.0. The molecule has 0 amide bonds. The zero-order chi connectivity index (χ0) is 11.7. The first kappa shape index (κ1) is 12.4. The van der Waals surface area contributed by atoms with Crippen LogP contribution in [0.4, 0.5) is 0 Å². The summed E-state index contributed by atoms with van der Waals surface area (Å²) in [5.41, 5.74) is 2.56. The molecular weight excluding hydrogens is 311 g/mol. The maximum absolute atomic E-state index is 4.74. The Balaban J connectivity index is 2.30. The second kappa shape index (κ2) is 5.07. The zero-order valence-corrected chi connectivity index (χ0v) is 12.6. The molecule has 1 aromatic rings. The molecule has 1 aliphatic rings. The summed E-state index contributed by atoms with van der Waals surface area (Å²) in [7, 11) is 0. The molecule has 16 heavy (non-hydrogen) atoms. The van der Waals surface area contributed by atoms with Gasteiger partial charge in [-0.25, -0.2) is 0 Å². The van der Waals surface area contributed by atoms with Crippen LogP contribution in [0, 0.1) is 23.3 Å². The van der Waals surface area contributed by atoms with Crippen molar-refractivity contribution in [3.8, 4) is 0 Å². The summed E-state index contributed by atoms with van der Waals surface area (Å²) in [6.45, 7) is 6.65. The van der Waals surface area contributed by atoms with Gasteiger partial charge in [-0.3, -0.25) is 4.68 Å². The molecule has 1 aromatic heterocycles. The molecule has 0 aliphatic heterocycles. The van der Waals surface area contributed by atoms with Gasteiger partial charge in [0, 0.05) is 5.69 Å². The van der Waals surface area contributed by atoms with Gasteiger partial charge in [0.1, 0.15) is 0 Å². The molecule has 1 aliphatic carbocycles. The molecular formula is C13H21IN2. The van der Waals surface area contributed by atoms with Gasteiger partial charge in [0.2, 0.25) is 0 Å². The van der Waals surface area contributed by atoms with Crippen LogP contribution in [0.5, 0.6) is 0 Å². The van der Waals surface area contributed by atoms with Crippen LogP contribution >= 0.6 is 22.6 Å². The smallest absolute Gasteiger partial charge is 0.0730 e. The molecule has 3 heteroatoms. The Morgan fingerprint density at radius 2 is 2.00 bits per heavy atom. The Morgan fingerprint density at radius 3 is 2.56 bits per heavy atom. The van der Waals surface area contributed by atoms with Gasteiger partial charge in [-0.05, 0) is 55.2 Å². The van der Waals surface area contributed by atoms with Crippen molar-refractivity contribution in [1.82, 2.24) is 9.78 Å². The quantitative estimate of drug-likeness (QED) is 0.741. The third-order valence-corrected chi connectivity index (χ3v) is 5.51. The summed E-state index contributed by atoms with van der Waals surface area (Å²) in [5, 5.41) is 4.74. The molecule has 0 radical (unpaired) electrons. The van der Waals surface area contributed by atoms with Crippen molar-refractivity contribution in [2.24, 2.45) is 5.92 Å². The molecule has 2 unspecified atom stereocenters. The molecule has 2 rings (SSSR count). The minimum Gasteiger partial charge on any atom is -0.265 e. The molecule has 0 aromatic carbocycles. The van der Waals surface area contributed by atoms with Crippen LogP contribution in [-0.2, 0) is 0 Å². The van der Waals surface area contributed by atoms with Gasteiger partial charge in [-0.1, -0.05) is 26.2 Å². The van der Waals surface area contributed by atoms with E-state index in [-0.39, 0.29) is 0 Å². The van der Waals surface area contributed by atoms with E-state index < -0.39 is 0 Å². The molecule has 0 bridgehead atoms. The van der Waals surface area contributed by atoms with Gasteiger partial charge in [-0.2, -0.15) is 5.10 Å². The monoisotopic (exact) mass is 332 g/mol. The standard InChI is InChI=1S/C13H21IN2/c1-4-11-7-5-6-8-12(11)16-10(3)13(14)9(2)15-16/h11-12H,4-8H2,1-3H3. The van der Waals surface area contributed by atoms with Crippen LogP contribution in [0.1, 0.15) is 56.5 Å². The second-order valence-electron chi connectivity index (χ2n) is 4.95. The average Bonchev–Trinajstić information content (AvgIpc) is 2.57. The van der Waals surface area contributed by atoms with E-state index in [1.54, 1.807) is 0 Å². The first-order valence-electron chi connectivity index (χ1n) is 6.36. The number of halogens is 1. The van der Waals surface area contributed by atoms with Gasteiger partial charge in [0.25, 0.3) is 0 Å². The summed E-state index contributed by atoms with van der Waals surface area (Å²) in [6.07, 6.45) is 6.77. The molecule has 1 saturated carbocycles. The van der Waals surface area contributed by atoms with Gasteiger partial charge in [0.05, 0.1) is 15.3 Å². The topological polar surface area (TPSA) is 17.8 Å². The lowest BCUT2D eigenvalue weighted by molar-refractivity contribution is 0.214. The highest BCUT2D eigenvalue weighted by atomic mass is 127. The van der Waals surface area contributed by atoms with Crippen molar-refractivity contribution in [3.05, 3.63) is 15.0 Å². The molecule has 2 nitrogen and oxygen atoms in total. The van der Waals surface area contributed by atoms with Crippen molar-refractivity contribution >= 4 is 22.6 Å². The van der Waals surface area contributed by atoms with E-state index in [0.29, 0.717) is 6.04 Å². The van der Waals surface area contributed by atoms with Crippen molar-refractivity contribution in [2.45, 2.75) is 58.9 Å². The van der Waals surface area contributed by atoms with Crippen molar-refractivity contribution in [2.75, 3.05) is 0 Å². The van der Waals surface area contributed by atoms with Crippen LogP contribution in [0.25, 0.3) is 0 Å². The van der Waals surface area contributed by atoms with Crippen LogP contribution < -0.4 is 0 Å². The third kappa shape index (κ3) is 2.15. The highest BCUT2D eigenvalue weighted by Gasteiger charge is 2.27. The summed E-state index contributed by atoms with van der Waals surface area (Å²) in [5.74, 6) is 0.836. The van der Waals surface area contributed by atoms with Crippen LogP contribution in [0.3, 0.4) is 0 Å². The lowest BCUT2D eigenvalue weighted by atomic mass is 9.83. The van der Waals surface area contributed by atoms with E-state index in [1.807, 2.05) is 0 Å². The van der Waals surface area contributed by atoms with Crippen molar-refractivity contribution in [1.29, 1.82) is 0 Å². The maximum Gasteiger partial charge on any atom is 0.0730 e. The molecule has 0 saturated heterocycles. The van der Waals surface area contributed by atoms with Crippen molar-refractivity contribution in [3.63, 3.8) is 0 Å². The summed E-state index contributed by atoms with van der Waals surface area (Å²) < 4.78 is 3.66. The first-order valence-corrected chi connectivity index (χ1v) is 7.44. The fraction of sp³-hybridized carbons (Fsp3) is 0.769. The molecule has 2 atom stereocenters. The van der Waals surface area contributed by atoms with Gasteiger partial charge in [0.15, 0.2) is 0 Å². The Labute approximate surface area is 112 Å². The number of hydrogen-bond acceptors (Lipinski definition) is 1. The fourth-order valence-corrected chi connectivity index (χ4v) is 3.31. The largest absolute Gasteiger partial charge is 0.265 e. The molecule has 0 spiro atoms. The minimum atomic E-state index is 0.654. The lowest BCUT2D eigenvalue weighted by Crippen LogP contribution is -2.24. The molecule has 90 valence electrons. The van der Waals surface area contributed by atoms with Crippen LogP contribution in [0.15, 0.2) is 0 Å². The predicted octanol–water partition coefficient (Wildman–Crippen LogP) is 4.25. The summed E-state index contributed by atoms with van der Waals surface area (Å²) in [6, 6.07) is 0.654. The van der Waals surface area contributed by atoms with E-state index in [1.165, 1.54) is 47.1 Å². The van der Waals surface area contributed by atoms with E-state index >= 15 is 0 Å². The van der Waals surface area contributed by atoms with E-state index in [4.69, 9.17) is 5.10 Å². The SMILES string of the molecule is CCC1CCCCC1n1nc(C)c(I)c1C. The summed E-state index contributed by atoms with van der Waals surface area (Å²) >= 11 is 2.42. The number of hydrogen-bond donors (Lipinski definition) is 0. The average molecular weight is 332 g/mol. The van der Waals surface area contributed by atoms with E-state index in [0.717, 1.165) is 5.92 Å². The van der Waals surface area contributed by atoms with Crippen LogP contribution in [0.2, 0.25) is 0 Å². The third-order valence-electron chi connectivity index (χ3n) is 3.94. The molecule has 1 fully saturated rings. The fourth-order valence-electron chi connectivity index (χ4n) is 2.95. The van der Waals surface area contributed by atoms with Gasteiger partial charge >= 0.3 is 0 Å². The summed E-state index contributed by atoms with van der Waals surface area (Å²) in [4.78, 5) is 0. The number of rotatable bonds is 2. The zero-order valence-electron chi connectivity index (χ0n) is 10.5. The van der Waals surface area contributed by atoms with Gasteiger partial charge in [-0.15, -0.1) is 0 Å². The number of aromatic nitrogens is 2. The number of aryl methyl sites for hydroxylation is 1. The highest BCUT2D eigenvalue weighted by molar-refractivity contribution is 14.1. The minimum absolute atomic E-state index is 0.654. The van der Waals surface area contributed by atoms with Crippen molar-refractivity contribution < 1.29 is 0 Å². The second-order valence-corrected chi connectivity index (χ2v) is 6.03. The molecule has 1 heterocycles. The lowest BCUT2D eigenvalue weighted by Gasteiger charge is -2.31. The Hall–Kier alpha value is -0.0600.